The van der Waals surface area contributed by atoms with Crippen molar-refractivity contribution in [1.82, 2.24) is 10.3 Å². The Morgan fingerprint density at radius 2 is 2.06 bits per heavy atom. The molecule has 2 heterocycles. The predicted molar refractivity (Wildman–Crippen MR) is 67.3 cm³/mol. The Hall–Kier alpha value is -2.07. The lowest BCUT2D eigenvalue weighted by molar-refractivity contribution is 0.173. The number of hydrogen-bond acceptors (Lipinski definition) is 4. The average molecular weight is 242 g/mol. The molecule has 0 saturated carbocycles. The molecule has 2 aromatic rings. The molecule has 1 aromatic carbocycles. The van der Waals surface area contributed by atoms with E-state index >= 15 is 0 Å². The average Bonchev–Trinajstić information content (AvgIpc) is 2.89. The van der Waals surface area contributed by atoms with Gasteiger partial charge in [0.2, 0.25) is 6.79 Å². The maximum atomic E-state index is 5.45. The highest BCUT2D eigenvalue weighted by Crippen LogP contribution is 2.35. The van der Waals surface area contributed by atoms with Crippen LogP contribution in [0.4, 0.5) is 0 Å². The van der Waals surface area contributed by atoms with Crippen molar-refractivity contribution < 1.29 is 9.47 Å². The van der Waals surface area contributed by atoms with Crippen LogP contribution in [0.25, 0.3) is 0 Å². The van der Waals surface area contributed by atoms with E-state index < -0.39 is 0 Å². The summed E-state index contributed by atoms with van der Waals surface area (Å²) in [6, 6.07) is 11.8. The van der Waals surface area contributed by atoms with Gasteiger partial charge < -0.3 is 14.8 Å². The van der Waals surface area contributed by atoms with Crippen molar-refractivity contribution in [2.24, 2.45) is 0 Å². The quantitative estimate of drug-likeness (QED) is 0.891. The van der Waals surface area contributed by atoms with E-state index in [-0.39, 0.29) is 0 Å². The molecule has 1 aliphatic heterocycles. The molecule has 18 heavy (non-hydrogen) atoms. The van der Waals surface area contributed by atoms with Gasteiger partial charge in [0.05, 0.1) is 5.69 Å². The molecule has 4 nitrogen and oxygen atoms in total. The largest absolute Gasteiger partial charge is 0.454 e. The van der Waals surface area contributed by atoms with Crippen molar-refractivity contribution in [3.63, 3.8) is 0 Å². The van der Waals surface area contributed by atoms with Crippen LogP contribution in [0.1, 0.15) is 11.3 Å². The van der Waals surface area contributed by atoms with Gasteiger partial charge in [0.25, 0.3) is 0 Å². The first-order valence-corrected chi connectivity index (χ1v) is 5.91. The third kappa shape index (κ3) is 2.28. The summed E-state index contributed by atoms with van der Waals surface area (Å²) in [5, 5.41) is 3.35. The van der Waals surface area contributed by atoms with E-state index in [2.05, 4.69) is 10.3 Å². The topological polar surface area (TPSA) is 43.4 Å². The summed E-state index contributed by atoms with van der Waals surface area (Å²) in [4.78, 5) is 4.26. The SMILES string of the molecule is c1ccc(CNCc2cccc3c2OCO3)nc1. The zero-order valence-corrected chi connectivity index (χ0v) is 9.93. The fraction of sp³-hybridized carbons (Fsp3) is 0.214. The Morgan fingerprint density at radius 3 is 2.94 bits per heavy atom. The van der Waals surface area contributed by atoms with E-state index in [1.54, 1.807) is 6.20 Å². The number of para-hydroxylation sites is 1. The van der Waals surface area contributed by atoms with Crippen LogP contribution in [0.2, 0.25) is 0 Å². The van der Waals surface area contributed by atoms with E-state index in [0.717, 1.165) is 35.8 Å². The van der Waals surface area contributed by atoms with E-state index in [1.807, 2.05) is 36.4 Å². The standard InChI is InChI=1S/C14H14N2O2/c1-2-7-16-12(5-1)9-15-8-11-4-3-6-13-14(11)18-10-17-13/h1-7,15H,8-10H2. The number of fused-ring (bicyclic) bond motifs is 1. The van der Waals surface area contributed by atoms with Crippen molar-refractivity contribution in [1.29, 1.82) is 0 Å². The van der Waals surface area contributed by atoms with Gasteiger partial charge in [-0.2, -0.15) is 0 Å². The molecule has 0 atom stereocenters. The molecule has 92 valence electrons. The Labute approximate surface area is 106 Å². The van der Waals surface area contributed by atoms with E-state index in [9.17, 15) is 0 Å². The molecule has 0 amide bonds. The number of rotatable bonds is 4. The molecule has 0 saturated heterocycles. The second-order valence-electron chi connectivity index (χ2n) is 4.08. The number of ether oxygens (including phenoxy) is 2. The van der Waals surface area contributed by atoms with Crippen LogP contribution >= 0.6 is 0 Å². The molecular formula is C14H14N2O2. The number of benzene rings is 1. The van der Waals surface area contributed by atoms with E-state index in [0.29, 0.717) is 6.79 Å². The summed E-state index contributed by atoms with van der Waals surface area (Å²) in [7, 11) is 0. The zero-order valence-electron chi connectivity index (χ0n) is 9.93. The summed E-state index contributed by atoms with van der Waals surface area (Å²) in [6.07, 6.45) is 1.80. The molecule has 0 aliphatic carbocycles. The molecular weight excluding hydrogens is 228 g/mol. The van der Waals surface area contributed by atoms with Crippen LogP contribution in [0.5, 0.6) is 11.5 Å². The predicted octanol–water partition coefficient (Wildman–Crippen LogP) is 2.10. The van der Waals surface area contributed by atoms with E-state index in [4.69, 9.17) is 9.47 Å². The lowest BCUT2D eigenvalue weighted by Crippen LogP contribution is -2.13. The Kier molecular flexibility index (Phi) is 3.10. The van der Waals surface area contributed by atoms with Crippen LogP contribution < -0.4 is 14.8 Å². The van der Waals surface area contributed by atoms with E-state index in [1.165, 1.54) is 0 Å². The van der Waals surface area contributed by atoms with Gasteiger partial charge in [-0.1, -0.05) is 18.2 Å². The van der Waals surface area contributed by atoms with Crippen LogP contribution in [-0.4, -0.2) is 11.8 Å². The molecule has 1 aliphatic rings. The fourth-order valence-electron chi connectivity index (χ4n) is 1.96. The maximum Gasteiger partial charge on any atom is 0.231 e. The van der Waals surface area contributed by atoms with Crippen LogP contribution in [0.3, 0.4) is 0 Å². The normalized spacial score (nSPS) is 12.7. The van der Waals surface area contributed by atoms with Crippen molar-refractivity contribution in [3.8, 4) is 11.5 Å². The highest BCUT2D eigenvalue weighted by Gasteiger charge is 2.16. The lowest BCUT2D eigenvalue weighted by atomic mass is 10.2. The van der Waals surface area contributed by atoms with Gasteiger partial charge in [-0.05, 0) is 18.2 Å². The zero-order chi connectivity index (χ0) is 12.2. The van der Waals surface area contributed by atoms with Crippen LogP contribution in [0.15, 0.2) is 42.6 Å². The second-order valence-corrected chi connectivity index (χ2v) is 4.08. The number of nitrogens with zero attached hydrogens (tertiary/aromatic N) is 1. The van der Waals surface area contributed by atoms with Crippen LogP contribution in [-0.2, 0) is 13.1 Å². The second kappa shape index (κ2) is 5.06. The van der Waals surface area contributed by atoms with Crippen molar-refractivity contribution in [3.05, 3.63) is 53.9 Å². The van der Waals surface area contributed by atoms with Crippen molar-refractivity contribution in [2.45, 2.75) is 13.1 Å². The van der Waals surface area contributed by atoms with Gasteiger partial charge >= 0.3 is 0 Å². The first-order valence-electron chi connectivity index (χ1n) is 5.91. The van der Waals surface area contributed by atoms with Gasteiger partial charge in [-0.15, -0.1) is 0 Å². The molecule has 1 aromatic heterocycles. The molecule has 0 spiro atoms. The third-order valence-electron chi connectivity index (χ3n) is 2.83. The summed E-state index contributed by atoms with van der Waals surface area (Å²) < 4.78 is 10.8. The Bertz CT molecular complexity index is 529. The Morgan fingerprint density at radius 1 is 1.06 bits per heavy atom. The summed E-state index contributed by atoms with van der Waals surface area (Å²) in [5.41, 5.74) is 2.14. The van der Waals surface area contributed by atoms with Gasteiger partial charge in [0.15, 0.2) is 11.5 Å². The first-order chi connectivity index (χ1) is 8.93. The van der Waals surface area contributed by atoms with Crippen LogP contribution in [0, 0.1) is 0 Å². The minimum absolute atomic E-state index is 0.312. The summed E-state index contributed by atoms with van der Waals surface area (Å²) >= 11 is 0. The minimum atomic E-state index is 0.312. The molecule has 4 heteroatoms. The Balaban J connectivity index is 1.63. The van der Waals surface area contributed by atoms with Crippen molar-refractivity contribution in [2.75, 3.05) is 6.79 Å². The van der Waals surface area contributed by atoms with Gasteiger partial charge in [-0.25, -0.2) is 0 Å². The molecule has 0 bridgehead atoms. The number of nitrogens with one attached hydrogen (secondary N) is 1. The first kappa shape index (κ1) is 11.0. The summed E-state index contributed by atoms with van der Waals surface area (Å²) in [5.74, 6) is 1.68. The maximum absolute atomic E-state index is 5.45. The number of hydrogen-bond donors (Lipinski definition) is 1. The number of aromatic nitrogens is 1. The smallest absolute Gasteiger partial charge is 0.231 e. The minimum Gasteiger partial charge on any atom is -0.454 e. The van der Waals surface area contributed by atoms with Crippen molar-refractivity contribution >= 4 is 0 Å². The molecule has 0 unspecified atom stereocenters. The summed E-state index contributed by atoms with van der Waals surface area (Å²) in [6.45, 7) is 1.79. The van der Waals surface area contributed by atoms with Gasteiger partial charge in [-0.3, -0.25) is 4.98 Å². The molecule has 3 rings (SSSR count). The third-order valence-corrected chi connectivity index (χ3v) is 2.83. The fourth-order valence-corrected chi connectivity index (χ4v) is 1.96. The highest BCUT2D eigenvalue weighted by molar-refractivity contribution is 5.48. The molecule has 0 radical (unpaired) electrons. The van der Waals surface area contributed by atoms with Gasteiger partial charge in [0.1, 0.15) is 0 Å². The number of pyridine rings is 1. The highest BCUT2D eigenvalue weighted by atomic mass is 16.7. The molecule has 1 N–H and O–H groups in total. The monoisotopic (exact) mass is 242 g/mol. The van der Waals surface area contributed by atoms with Gasteiger partial charge in [0, 0.05) is 24.8 Å². The lowest BCUT2D eigenvalue weighted by Gasteiger charge is -2.07. The molecule has 0 fully saturated rings.